The molecule has 0 bridgehead atoms. The average Bonchev–Trinajstić information content (AvgIpc) is 3.59. The van der Waals surface area contributed by atoms with Gasteiger partial charge in [-0.3, -0.25) is 4.79 Å². The second-order valence-corrected chi connectivity index (χ2v) is 21.1. The molecule has 0 aromatic rings. The van der Waals surface area contributed by atoms with Crippen LogP contribution in [0.3, 0.4) is 0 Å². The van der Waals surface area contributed by atoms with E-state index in [1.165, 1.54) is 76.2 Å². The third kappa shape index (κ3) is 12.4. The van der Waals surface area contributed by atoms with Crippen molar-refractivity contribution < 1.29 is 34.3 Å². The number of aliphatic hydroxyl groups is 3. The van der Waals surface area contributed by atoms with Crippen LogP contribution >= 0.6 is 0 Å². The lowest BCUT2D eigenvalue weighted by Gasteiger charge is -2.58. The Kier molecular flexibility index (Phi) is 19.8. The number of carbonyl (C=O) groups is 1. The minimum absolute atomic E-state index is 0.150. The third-order valence-electron chi connectivity index (χ3n) is 17.0. The largest absolute Gasteiger partial charge is 0.456 e. The summed E-state index contributed by atoms with van der Waals surface area (Å²) in [6, 6.07) is 0. The van der Waals surface area contributed by atoms with Crippen LogP contribution in [0.15, 0.2) is 36.0 Å². The molecule has 14 atom stereocenters. The fourth-order valence-electron chi connectivity index (χ4n) is 13.2. The Morgan fingerprint density at radius 1 is 0.867 bits per heavy atom. The van der Waals surface area contributed by atoms with Crippen LogP contribution in [0.5, 0.6) is 0 Å². The Balaban J connectivity index is 1.06. The van der Waals surface area contributed by atoms with Gasteiger partial charge in [0.1, 0.15) is 18.3 Å². The van der Waals surface area contributed by atoms with Gasteiger partial charge in [0.25, 0.3) is 0 Å². The molecular weight excluding hydrogens is 749 g/mol. The predicted molar refractivity (Wildman–Crippen MR) is 244 cm³/mol. The topological polar surface area (TPSA) is 105 Å². The fraction of sp³-hybridized carbons (Fsp3) is 0.868. The summed E-state index contributed by atoms with van der Waals surface area (Å²) in [6.45, 7) is 16.7. The van der Waals surface area contributed by atoms with Crippen molar-refractivity contribution >= 4 is 5.97 Å². The maximum atomic E-state index is 13.0. The molecule has 0 aromatic carbocycles. The minimum atomic E-state index is -1.35. The Hall–Kier alpha value is -1.51. The van der Waals surface area contributed by atoms with Gasteiger partial charge in [0.2, 0.25) is 0 Å². The van der Waals surface area contributed by atoms with Gasteiger partial charge in [-0.05, 0) is 149 Å². The van der Waals surface area contributed by atoms with E-state index in [0.29, 0.717) is 17.8 Å². The van der Waals surface area contributed by atoms with Crippen LogP contribution in [0.4, 0.5) is 0 Å². The first-order valence-corrected chi connectivity index (χ1v) is 25.3. The molecule has 4 fully saturated rings. The van der Waals surface area contributed by atoms with Crippen molar-refractivity contribution in [1.29, 1.82) is 0 Å². The van der Waals surface area contributed by atoms with E-state index in [0.717, 1.165) is 99.7 Å². The van der Waals surface area contributed by atoms with E-state index in [-0.39, 0.29) is 17.9 Å². The van der Waals surface area contributed by atoms with Crippen molar-refractivity contribution in [3.63, 3.8) is 0 Å². The highest BCUT2D eigenvalue weighted by molar-refractivity contribution is 5.69. The molecule has 0 amide bonds. The van der Waals surface area contributed by atoms with E-state index in [9.17, 15) is 20.1 Å². The molecule has 4 aliphatic carbocycles. The molecule has 344 valence electrons. The highest BCUT2D eigenvalue weighted by Crippen LogP contribution is 2.67. The summed E-state index contributed by atoms with van der Waals surface area (Å²) < 4.78 is 18.2. The molecule has 5 rings (SSSR count). The number of aliphatic hydroxyl groups excluding tert-OH is 3. The summed E-state index contributed by atoms with van der Waals surface area (Å²) in [5.74, 6) is 5.07. The highest BCUT2D eigenvalue weighted by Gasteiger charge is 2.59. The lowest BCUT2D eigenvalue weighted by atomic mass is 9.47. The summed E-state index contributed by atoms with van der Waals surface area (Å²) >= 11 is 0. The molecule has 0 radical (unpaired) electrons. The van der Waals surface area contributed by atoms with E-state index in [4.69, 9.17) is 14.2 Å². The number of fused-ring (bicyclic) bond motifs is 5. The van der Waals surface area contributed by atoms with Crippen molar-refractivity contribution in [2.24, 2.45) is 52.3 Å². The van der Waals surface area contributed by atoms with Crippen LogP contribution in [0.25, 0.3) is 0 Å². The minimum Gasteiger partial charge on any atom is -0.456 e. The summed E-state index contributed by atoms with van der Waals surface area (Å²) in [7, 11) is 0. The molecule has 5 aliphatic rings. The first-order valence-electron chi connectivity index (χ1n) is 25.3. The van der Waals surface area contributed by atoms with Crippen LogP contribution in [-0.4, -0.2) is 64.7 Å². The number of rotatable bonds is 24. The maximum Gasteiger partial charge on any atom is 0.306 e. The number of hydrogen-bond donors (Lipinski definition) is 3. The van der Waals surface area contributed by atoms with E-state index in [2.05, 4.69) is 78.8 Å². The zero-order valence-corrected chi connectivity index (χ0v) is 39.3. The Bertz CT molecular complexity index is 1370. The zero-order chi connectivity index (χ0) is 43.3. The molecule has 7 heteroatoms. The average molecular weight is 839 g/mol. The first kappa shape index (κ1) is 49.5. The normalized spacial score (nSPS) is 36.5. The third-order valence-corrected chi connectivity index (χ3v) is 17.0. The van der Waals surface area contributed by atoms with Gasteiger partial charge in [-0.25, -0.2) is 0 Å². The van der Waals surface area contributed by atoms with Crippen LogP contribution in [0, 0.1) is 52.3 Å². The molecule has 1 aliphatic heterocycles. The smallest absolute Gasteiger partial charge is 0.306 e. The number of ether oxygens (including phenoxy) is 3. The van der Waals surface area contributed by atoms with Gasteiger partial charge in [-0.1, -0.05) is 129 Å². The number of hydrogen-bond acceptors (Lipinski definition) is 7. The Labute approximate surface area is 367 Å². The number of allylic oxidation sites excluding steroid dienone is 5. The van der Waals surface area contributed by atoms with E-state index in [1.807, 2.05) is 0 Å². The molecule has 7 nitrogen and oxygen atoms in total. The Morgan fingerprint density at radius 2 is 1.58 bits per heavy atom. The van der Waals surface area contributed by atoms with Crippen molar-refractivity contribution in [2.75, 3.05) is 6.61 Å². The van der Waals surface area contributed by atoms with E-state index < -0.39 is 43.3 Å². The summed E-state index contributed by atoms with van der Waals surface area (Å²) in [4.78, 5) is 13.0. The monoisotopic (exact) mass is 839 g/mol. The molecular formula is C53H90O7. The van der Waals surface area contributed by atoms with Gasteiger partial charge in [0.05, 0.1) is 12.7 Å². The number of carbonyl (C=O) groups excluding carboxylic acids is 1. The molecule has 1 heterocycles. The second-order valence-electron chi connectivity index (χ2n) is 21.1. The molecule has 3 saturated carbocycles. The number of esters is 1. The van der Waals surface area contributed by atoms with Gasteiger partial charge in [-0.15, -0.1) is 0 Å². The fourth-order valence-corrected chi connectivity index (χ4v) is 13.2. The van der Waals surface area contributed by atoms with Crippen molar-refractivity contribution in [3.8, 4) is 0 Å². The van der Waals surface area contributed by atoms with E-state index >= 15 is 0 Å². The lowest BCUT2D eigenvalue weighted by Crippen LogP contribution is -2.61. The SMILES string of the molecule is CCCCCC=CCC=CCCCCCCCC(=O)OC1C(O)C(CO)OC(OC2CCC3(C)C(=CCC4C3CCC3(C)C(C(C)CCC(CC)C(C)C)CCC43)C2)C1O. The van der Waals surface area contributed by atoms with Gasteiger partial charge >= 0.3 is 5.97 Å². The van der Waals surface area contributed by atoms with Crippen LogP contribution < -0.4 is 0 Å². The molecule has 3 N–H and O–H groups in total. The van der Waals surface area contributed by atoms with Gasteiger partial charge in [-0.2, -0.15) is 0 Å². The van der Waals surface area contributed by atoms with Gasteiger partial charge in [0.15, 0.2) is 12.4 Å². The van der Waals surface area contributed by atoms with Crippen LogP contribution in [-0.2, 0) is 19.0 Å². The first-order chi connectivity index (χ1) is 28.9. The van der Waals surface area contributed by atoms with E-state index in [1.54, 1.807) is 0 Å². The van der Waals surface area contributed by atoms with Gasteiger partial charge < -0.3 is 29.5 Å². The maximum absolute atomic E-state index is 13.0. The predicted octanol–water partition coefficient (Wildman–Crippen LogP) is 12.2. The van der Waals surface area contributed by atoms with Crippen molar-refractivity contribution in [3.05, 3.63) is 36.0 Å². The Morgan fingerprint density at radius 3 is 2.28 bits per heavy atom. The molecule has 14 unspecified atom stereocenters. The standard InChI is InChI=1S/C53H90O7/c1-8-10-11-12-13-14-15-16-17-18-19-20-21-22-23-24-47(55)60-50-48(56)46(36-54)59-51(49(50)57)58-41-31-33-52(6)40(35-41)27-28-42-44-30-29-43(53(44,7)34-32-45(42)52)38(5)25-26-39(9-2)37(3)4/h13-14,16-17,27,37-39,41-46,48-51,54,56-57H,8-12,15,18-26,28-36H2,1-7H3. The highest BCUT2D eigenvalue weighted by atomic mass is 16.7. The number of unbranched alkanes of at least 4 members (excludes halogenated alkanes) is 8. The summed E-state index contributed by atoms with van der Waals surface area (Å²) in [5, 5.41) is 32.5. The zero-order valence-electron chi connectivity index (χ0n) is 39.3. The molecule has 1 saturated heterocycles. The summed E-state index contributed by atoms with van der Waals surface area (Å²) in [5.41, 5.74) is 2.11. The lowest BCUT2D eigenvalue weighted by molar-refractivity contribution is -0.314. The molecule has 0 aromatic heterocycles. The molecule has 60 heavy (non-hydrogen) atoms. The van der Waals surface area contributed by atoms with Crippen molar-refractivity contribution in [1.82, 2.24) is 0 Å². The van der Waals surface area contributed by atoms with Gasteiger partial charge in [0, 0.05) is 6.42 Å². The molecule has 0 spiro atoms. The second kappa shape index (κ2) is 24.0. The van der Waals surface area contributed by atoms with Crippen molar-refractivity contribution in [2.45, 2.75) is 233 Å². The van der Waals surface area contributed by atoms with Crippen LogP contribution in [0.1, 0.15) is 196 Å². The summed E-state index contributed by atoms with van der Waals surface area (Å²) in [6.07, 6.45) is 31.1. The van der Waals surface area contributed by atoms with Crippen LogP contribution in [0.2, 0.25) is 0 Å². The quantitative estimate of drug-likeness (QED) is 0.0505.